The van der Waals surface area contributed by atoms with Crippen molar-refractivity contribution in [2.45, 2.75) is 122 Å². The summed E-state index contributed by atoms with van der Waals surface area (Å²) < 4.78 is 55.9. The standard InChI is InChI=1S/C33H49ClF3NO3Si2/c1-22-25-14-11-13-23(17-18-33(5,31(36)37)41-42(6,7)8)26(25)19-24(21-40-43(9,10)32(2,3)4)38(22)30(39)20-27-28(34)15-12-16-29(27)35/h11-16,22,24,31H,17-21H2,1-10H3/t22-,24+,33+/m0/s1. The van der Waals surface area contributed by atoms with Gasteiger partial charge in [0.25, 0.3) is 6.43 Å². The SMILES string of the molecule is C[C@H]1c2cccc(CC[C@@](C)(O[Si](C)(C)C)C(F)F)c2C[C@H](CO[Si](C)(C)C(C)(C)C)N1C(=O)Cc1c(F)cccc1Cl. The van der Waals surface area contributed by atoms with Crippen LogP contribution in [0, 0.1) is 5.82 Å². The zero-order chi connectivity index (χ0) is 32.5. The van der Waals surface area contributed by atoms with Crippen LogP contribution < -0.4 is 0 Å². The number of hydrogen-bond acceptors (Lipinski definition) is 3. The Morgan fingerprint density at radius 3 is 2.26 bits per heavy atom. The molecule has 0 spiro atoms. The molecule has 1 amide bonds. The van der Waals surface area contributed by atoms with Crippen molar-refractivity contribution in [1.29, 1.82) is 0 Å². The van der Waals surface area contributed by atoms with Crippen LogP contribution in [0.25, 0.3) is 0 Å². The first-order valence-corrected chi connectivity index (χ1v) is 21.8. The van der Waals surface area contributed by atoms with Gasteiger partial charge in [-0.25, -0.2) is 13.2 Å². The molecule has 4 nitrogen and oxygen atoms in total. The van der Waals surface area contributed by atoms with E-state index < -0.39 is 34.5 Å². The van der Waals surface area contributed by atoms with Crippen LogP contribution in [0.1, 0.15) is 69.3 Å². The fraction of sp³-hybridized carbons (Fsp3) is 0.606. The summed E-state index contributed by atoms with van der Waals surface area (Å²) in [6.07, 6.45) is -1.65. The van der Waals surface area contributed by atoms with Gasteiger partial charge < -0.3 is 13.8 Å². The van der Waals surface area contributed by atoms with Crippen LogP contribution in [0.4, 0.5) is 13.2 Å². The van der Waals surface area contributed by atoms with Gasteiger partial charge >= 0.3 is 0 Å². The molecule has 0 aromatic heterocycles. The highest BCUT2D eigenvalue weighted by Crippen LogP contribution is 2.40. The van der Waals surface area contributed by atoms with Crippen molar-refractivity contribution in [3.8, 4) is 0 Å². The van der Waals surface area contributed by atoms with Crippen molar-refractivity contribution in [2.75, 3.05) is 6.61 Å². The van der Waals surface area contributed by atoms with Crippen molar-refractivity contribution < 1.29 is 26.8 Å². The first-order valence-electron chi connectivity index (χ1n) is 15.1. The van der Waals surface area contributed by atoms with Gasteiger partial charge in [0.15, 0.2) is 16.6 Å². The number of carbonyl (C=O) groups excluding carboxylic acids is 1. The van der Waals surface area contributed by atoms with Gasteiger partial charge in [0.05, 0.1) is 25.1 Å². The summed E-state index contributed by atoms with van der Waals surface area (Å²) in [5.74, 6) is -0.738. The predicted molar refractivity (Wildman–Crippen MR) is 175 cm³/mol. The number of alkyl halides is 2. The van der Waals surface area contributed by atoms with Gasteiger partial charge in [0, 0.05) is 10.6 Å². The minimum absolute atomic E-state index is 0.0258. The number of fused-ring (bicyclic) bond motifs is 1. The van der Waals surface area contributed by atoms with Gasteiger partial charge in [0.1, 0.15) is 11.4 Å². The Morgan fingerprint density at radius 1 is 1.07 bits per heavy atom. The second kappa shape index (κ2) is 13.4. The number of carbonyl (C=O) groups is 1. The maximum absolute atomic E-state index is 14.7. The van der Waals surface area contributed by atoms with Crippen LogP contribution in [0.3, 0.4) is 0 Å². The lowest BCUT2D eigenvalue weighted by Gasteiger charge is -2.45. The molecule has 43 heavy (non-hydrogen) atoms. The van der Waals surface area contributed by atoms with E-state index in [-0.39, 0.29) is 46.5 Å². The molecule has 0 unspecified atom stereocenters. The van der Waals surface area contributed by atoms with E-state index >= 15 is 0 Å². The Bertz CT molecular complexity index is 1270. The molecule has 0 saturated heterocycles. The summed E-state index contributed by atoms with van der Waals surface area (Å²) in [5.41, 5.74) is 1.66. The molecular formula is C33H49ClF3NO3Si2. The molecule has 0 aliphatic carbocycles. The van der Waals surface area contributed by atoms with Gasteiger partial charge in [0.2, 0.25) is 5.91 Å². The molecule has 0 N–H and O–H groups in total. The van der Waals surface area contributed by atoms with Gasteiger partial charge in [-0.1, -0.05) is 56.6 Å². The van der Waals surface area contributed by atoms with E-state index in [1.807, 2.05) is 49.7 Å². The second-order valence-corrected chi connectivity index (χ2v) is 24.2. The van der Waals surface area contributed by atoms with E-state index in [4.69, 9.17) is 20.5 Å². The summed E-state index contributed by atoms with van der Waals surface area (Å²) in [7, 11) is -4.39. The number of rotatable bonds is 11. The van der Waals surface area contributed by atoms with Gasteiger partial charge in [-0.15, -0.1) is 0 Å². The number of amides is 1. The van der Waals surface area contributed by atoms with Gasteiger partial charge in [-0.05, 0) is 99.7 Å². The molecule has 2 aromatic rings. The van der Waals surface area contributed by atoms with E-state index in [9.17, 15) is 18.0 Å². The smallest absolute Gasteiger partial charge is 0.265 e. The van der Waals surface area contributed by atoms with Crippen molar-refractivity contribution in [1.82, 2.24) is 4.90 Å². The van der Waals surface area contributed by atoms with Crippen LogP contribution in [0.15, 0.2) is 36.4 Å². The van der Waals surface area contributed by atoms with Crippen LogP contribution in [0.2, 0.25) is 42.8 Å². The number of aryl methyl sites for hydroxylation is 1. The van der Waals surface area contributed by atoms with Crippen LogP contribution in [-0.2, 0) is 32.9 Å². The normalized spacial score (nSPS) is 19.4. The molecule has 1 aliphatic rings. The molecular weight excluding hydrogens is 607 g/mol. The largest absolute Gasteiger partial charge is 0.415 e. The maximum Gasteiger partial charge on any atom is 0.265 e. The summed E-state index contributed by atoms with van der Waals surface area (Å²) in [5, 5.41) is 0.194. The molecule has 1 heterocycles. The molecule has 1 aliphatic heterocycles. The first-order chi connectivity index (χ1) is 19.7. The Balaban J connectivity index is 1.99. The number of benzene rings is 2. The highest BCUT2D eigenvalue weighted by molar-refractivity contribution is 6.74. The average Bonchev–Trinajstić information content (AvgIpc) is 2.86. The lowest BCUT2D eigenvalue weighted by atomic mass is 9.83. The Hall–Kier alpha value is -1.66. The quantitative estimate of drug-likeness (QED) is 0.227. The molecule has 10 heteroatoms. The lowest BCUT2D eigenvalue weighted by molar-refractivity contribution is -0.137. The molecule has 240 valence electrons. The van der Waals surface area contributed by atoms with Crippen molar-refractivity contribution in [2.24, 2.45) is 0 Å². The van der Waals surface area contributed by atoms with E-state index in [1.54, 1.807) is 6.07 Å². The van der Waals surface area contributed by atoms with Crippen LogP contribution in [0.5, 0.6) is 0 Å². The fourth-order valence-electron chi connectivity index (χ4n) is 5.64. The highest BCUT2D eigenvalue weighted by Gasteiger charge is 2.43. The molecule has 3 rings (SSSR count). The minimum atomic E-state index is -2.61. The first kappa shape index (κ1) is 35.8. The third-order valence-corrected chi connectivity index (χ3v) is 15.0. The summed E-state index contributed by atoms with van der Waals surface area (Å²) in [4.78, 5) is 15.8. The van der Waals surface area contributed by atoms with Gasteiger partial charge in [-0.2, -0.15) is 0 Å². The van der Waals surface area contributed by atoms with Crippen molar-refractivity contribution in [3.05, 3.63) is 69.5 Å². The zero-order valence-corrected chi connectivity index (χ0v) is 30.2. The third-order valence-electron chi connectivity index (χ3n) is 9.02. The molecule has 0 fully saturated rings. The van der Waals surface area contributed by atoms with E-state index in [2.05, 4.69) is 33.9 Å². The number of nitrogens with zero attached hydrogens (tertiary/aromatic N) is 1. The van der Waals surface area contributed by atoms with Crippen LogP contribution >= 0.6 is 11.6 Å². The molecule has 0 saturated carbocycles. The fourth-order valence-corrected chi connectivity index (χ4v) is 8.50. The number of hydrogen-bond donors (Lipinski definition) is 0. The summed E-state index contributed by atoms with van der Waals surface area (Å²) in [6.45, 7) is 20.4. The average molecular weight is 656 g/mol. The molecule has 0 radical (unpaired) electrons. The van der Waals surface area contributed by atoms with E-state index in [1.165, 1.54) is 19.1 Å². The monoisotopic (exact) mass is 655 g/mol. The third kappa shape index (κ3) is 8.54. The molecule has 3 atom stereocenters. The predicted octanol–water partition coefficient (Wildman–Crippen LogP) is 9.37. The van der Waals surface area contributed by atoms with Crippen molar-refractivity contribution >= 4 is 34.1 Å². The Kier molecular flexibility index (Phi) is 11.1. The maximum atomic E-state index is 14.7. The topological polar surface area (TPSA) is 38.8 Å². The van der Waals surface area contributed by atoms with E-state index in [0.29, 0.717) is 19.4 Å². The van der Waals surface area contributed by atoms with Crippen LogP contribution in [-0.4, -0.2) is 52.1 Å². The molecule has 2 aromatic carbocycles. The van der Waals surface area contributed by atoms with Gasteiger partial charge in [-0.3, -0.25) is 4.79 Å². The lowest BCUT2D eigenvalue weighted by Crippen LogP contribution is -2.52. The van der Waals surface area contributed by atoms with Crippen molar-refractivity contribution in [3.63, 3.8) is 0 Å². The Morgan fingerprint density at radius 2 is 1.70 bits per heavy atom. The highest BCUT2D eigenvalue weighted by atomic mass is 35.5. The number of halogens is 4. The summed E-state index contributed by atoms with van der Waals surface area (Å²) in [6, 6.07) is 9.70. The van der Waals surface area contributed by atoms with E-state index in [0.717, 1.165) is 16.7 Å². The Labute approximate surface area is 263 Å². The second-order valence-electron chi connectivity index (χ2n) is 14.6. The minimum Gasteiger partial charge on any atom is -0.415 e. The zero-order valence-electron chi connectivity index (χ0n) is 27.4. The summed E-state index contributed by atoms with van der Waals surface area (Å²) >= 11 is 6.30. The molecule has 0 bridgehead atoms.